The van der Waals surface area contributed by atoms with Gasteiger partial charge in [-0.25, -0.2) is 9.78 Å². The van der Waals surface area contributed by atoms with Gasteiger partial charge >= 0.3 is 5.69 Å². The Kier molecular flexibility index (Phi) is 2.39. The van der Waals surface area contributed by atoms with E-state index in [0.717, 1.165) is 23.2 Å². The second-order valence-electron chi connectivity index (χ2n) is 5.01. The molecule has 0 bridgehead atoms. The summed E-state index contributed by atoms with van der Waals surface area (Å²) in [5, 5.41) is 0. The molecule has 1 fully saturated rings. The molecular weight excluding hydrogens is 231 g/mol. The van der Waals surface area contributed by atoms with Crippen molar-refractivity contribution in [3.8, 4) is 0 Å². The largest absolute Gasteiger partial charge is 0.336 e. The van der Waals surface area contributed by atoms with Crippen molar-refractivity contribution in [3.05, 3.63) is 26.7 Å². The first kappa shape index (κ1) is 11.3. The van der Waals surface area contributed by atoms with Gasteiger partial charge < -0.3 is 4.98 Å². The number of aryl methyl sites for hydroxylation is 1. The maximum Gasteiger partial charge on any atom is 0.332 e. The molecule has 6 nitrogen and oxygen atoms in total. The summed E-state index contributed by atoms with van der Waals surface area (Å²) < 4.78 is 2.53. The van der Waals surface area contributed by atoms with Gasteiger partial charge in [-0.1, -0.05) is 12.8 Å². The van der Waals surface area contributed by atoms with Crippen molar-refractivity contribution in [1.82, 2.24) is 19.1 Å². The van der Waals surface area contributed by atoms with E-state index in [2.05, 4.69) is 9.97 Å². The van der Waals surface area contributed by atoms with Gasteiger partial charge in [0.25, 0.3) is 5.56 Å². The van der Waals surface area contributed by atoms with E-state index in [9.17, 15) is 9.59 Å². The molecule has 0 unspecified atom stereocenters. The predicted molar refractivity (Wildman–Crippen MR) is 67.8 cm³/mol. The molecule has 6 heteroatoms. The van der Waals surface area contributed by atoms with Gasteiger partial charge in [0.15, 0.2) is 5.65 Å². The van der Waals surface area contributed by atoms with Gasteiger partial charge in [-0.15, -0.1) is 0 Å². The van der Waals surface area contributed by atoms with Gasteiger partial charge in [-0.2, -0.15) is 0 Å². The molecule has 2 aromatic rings. The Morgan fingerprint density at radius 2 is 1.83 bits per heavy atom. The summed E-state index contributed by atoms with van der Waals surface area (Å²) in [6.07, 6.45) is 4.62. The first-order chi connectivity index (χ1) is 8.59. The SMILES string of the molecule is Cn1c(=O)c2[nH][11c](C3CCCC3)nc2n(C)c1=O. The van der Waals surface area contributed by atoms with Crippen LogP contribution in [0.2, 0.25) is 0 Å². The van der Waals surface area contributed by atoms with Gasteiger partial charge in [0, 0.05) is 20.0 Å². The molecule has 0 atom stereocenters. The number of aromatic nitrogens is 4. The summed E-state index contributed by atoms with van der Waals surface area (Å²) >= 11 is 0. The zero-order valence-electron chi connectivity index (χ0n) is 10.6. The van der Waals surface area contributed by atoms with Crippen LogP contribution in [-0.2, 0) is 14.1 Å². The minimum atomic E-state index is -0.336. The number of nitrogens with one attached hydrogen (secondary N) is 1. The third kappa shape index (κ3) is 1.45. The maximum absolute atomic E-state index is 12.0. The number of aromatic amines is 1. The summed E-state index contributed by atoms with van der Waals surface area (Å²) in [5.41, 5.74) is 0.258. The quantitative estimate of drug-likeness (QED) is 0.802. The fourth-order valence-electron chi connectivity index (χ4n) is 2.74. The van der Waals surface area contributed by atoms with Crippen molar-refractivity contribution < 1.29 is 0 Å². The van der Waals surface area contributed by atoms with Crippen molar-refractivity contribution in [1.29, 1.82) is 0 Å². The first-order valence-corrected chi connectivity index (χ1v) is 6.25. The van der Waals surface area contributed by atoms with Crippen LogP contribution >= 0.6 is 0 Å². The smallest absolute Gasteiger partial charge is 0.332 e. The molecule has 0 saturated heterocycles. The molecule has 1 aliphatic rings. The minimum Gasteiger partial charge on any atom is -0.336 e. The molecule has 0 radical (unpaired) electrons. The van der Waals surface area contributed by atoms with Crippen LogP contribution in [0.1, 0.15) is 37.4 Å². The zero-order valence-corrected chi connectivity index (χ0v) is 10.6. The third-order valence-corrected chi connectivity index (χ3v) is 3.85. The average molecular weight is 247 g/mol. The predicted octanol–water partition coefficient (Wildman–Crippen LogP) is 0.618. The van der Waals surface area contributed by atoms with E-state index in [1.54, 1.807) is 7.05 Å². The van der Waals surface area contributed by atoms with Gasteiger partial charge in [-0.3, -0.25) is 13.9 Å². The molecule has 0 spiro atoms. The van der Waals surface area contributed by atoms with Crippen LogP contribution in [0.3, 0.4) is 0 Å². The molecule has 1 saturated carbocycles. The molecule has 96 valence electrons. The van der Waals surface area contributed by atoms with Crippen LogP contribution in [0.25, 0.3) is 11.2 Å². The lowest BCUT2D eigenvalue weighted by Gasteiger charge is -2.02. The first-order valence-electron chi connectivity index (χ1n) is 6.25. The number of hydrogen-bond acceptors (Lipinski definition) is 3. The van der Waals surface area contributed by atoms with Gasteiger partial charge in [0.2, 0.25) is 0 Å². The second-order valence-corrected chi connectivity index (χ2v) is 5.01. The second kappa shape index (κ2) is 3.83. The highest BCUT2D eigenvalue weighted by Gasteiger charge is 2.22. The minimum absolute atomic E-state index is 0.301. The molecule has 0 aliphatic heterocycles. The Labute approximate surface area is 103 Å². The van der Waals surface area contributed by atoms with E-state index in [1.807, 2.05) is 0 Å². The van der Waals surface area contributed by atoms with Crippen molar-refractivity contribution >= 4 is 11.2 Å². The van der Waals surface area contributed by atoms with Crippen LogP contribution in [-0.4, -0.2) is 19.1 Å². The fourth-order valence-corrected chi connectivity index (χ4v) is 2.74. The van der Waals surface area contributed by atoms with E-state index in [-0.39, 0.29) is 11.2 Å². The van der Waals surface area contributed by atoms with Gasteiger partial charge in [0.1, 0.15) is 11.3 Å². The standard InChI is InChI=1S/C12H16N4O2/c1-15-10-8(11(17)16(2)12(15)18)13-9(14-10)7-5-3-4-6-7/h7H,3-6H2,1-2H3,(H,13,14)/i9-1. The van der Waals surface area contributed by atoms with Gasteiger partial charge in [-0.05, 0) is 12.8 Å². The molecule has 2 heterocycles. The summed E-state index contributed by atoms with van der Waals surface area (Å²) in [4.78, 5) is 31.4. The summed E-state index contributed by atoms with van der Waals surface area (Å²) in [7, 11) is 3.13. The van der Waals surface area contributed by atoms with Gasteiger partial charge in [0.05, 0.1) is 0 Å². The highest BCUT2D eigenvalue weighted by atomic mass is 16.2. The zero-order chi connectivity index (χ0) is 12.9. The Morgan fingerprint density at radius 3 is 2.50 bits per heavy atom. The summed E-state index contributed by atoms with van der Waals surface area (Å²) in [6.45, 7) is 0. The lowest BCUT2D eigenvalue weighted by molar-refractivity contribution is 0.678. The third-order valence-electron chi connectivity index (χ3n) is 3.85. The Balaban J connectivity index is 2.29. The molecule has 1 aliphatic carbocycles. The van der Waals surface area contributed by atoms with Crippen LogP contribution in [0.4, 0.5) is 0 Å². The van der Waals surface area contributed by atoms with Crippen molar-refractivity contribution in [2.24, 2.45) is 14.1 Å². The number of fused-ring (bicyclic) bond motifs is 1. The van der Waals surface area contributed by atoms with E-state index in [0.29, 0.717) is 17.1 Å². The van der Waals surface area contributed by atoms with E-state index >= 15 is 0 Å². The highest BCUT2D eigenvalue weighted by Crippen LogP contribution is 2.32. The molecule has 1 N–H and O–H groups in total. The normalized spacial score (nSPS) is 16.8. The maximum atomic E-state index is 12.0. The van der Waals surface area contributed by atoms with Crippen molar-refractivity contribution in [3.63, 3.8) is 0 Å². The van der Waals surface area contributed by atoms with Crippen LogP contribution in [0.15, 0.2) is 9.59 Å². The topological polar surface area (TPSA) is 72.7 Å². The average Bonchev–Trinajstić information content (AvgIpc) is 3.01. The van der Waals surface area contributed by atoms with Crippen LogP contribution in [0, 0.1) is 0 Å². The molecule has 0 amide bonds. The number of hydrogen-bond donors (Lipinski definition) is 1. The van der Waals surface area contributed by atoms with Crippen LogP contribution in [0.5, 0.6) is 0 Å². The molecule has 18 heavy (non-hydrogen) atoms. The molecule has 2 aromatic heterocycles. The van der Waals surface area contributed by atoms with Crippen molar-refractivity contribution in [2.75, 3.05) is 0 Å². The number of nitrogens with zero attached hydrogens (tertiary/aromatic N) is 3. The highest BCUT2D eigenvalue weighted by molar-refractivity contribution is 5.69. The van der Waals surface area contributed by atoms with E-state index in [4.69, 9.17) is 0 Å². The molecule has 0 aromatic carbocycles. The van der Waals surface area contributed by atoms with E-state index in [1.165, 1.54) is 24.5 Å². The molecular formula is C12H16N4O2. The van der Waals surface area contributed by atoms with E-state index < -0.39 is 0 Å². The van der Waals surface area contributed by atoms with Crippen LogP contribution < -0.4 is 11.2 Å². The number of imidazole rings is 1. The molecule has 3 rings (SSSR count). The fraction of sp³-hybridized carbons (Fsp3) is 0.583. The monoisotopic (exact) mass is 247 g/mol. The summed E-state index contributed by atoms with van der Waals surface area (Å²) in [6, 6.07) is 0. The Bertz CT molecular complexity index is 716. The number of H-pyrrole nitrogens is 1. The van der Waals surface area contributed by atoms with Crippen molar-refractivity contribution in [2.45, 2.75) is 31.6 Å². The lowest BCUT2D eigenvalue weighted by atomic mass is 9.81. The summed E-state index contributed by atoms with van der Waals surface area (Å²) in [5.74, 6) is 1.25. The lowest BCUT2D eigenvalue weighted by Crippen LogP contribution is -2.36. The Morgan fingerprint density at radius 1 is 1.17 bits per heavy atom. The Hall–Kier alpha value is -1.85. The number of rotatable bonds is 1.